The second-order valence-corrected chi connectivity index (χ2v) is 12.5. The van der Waals surface area contributed by atoms with Crippen molar-refractivity contribution in [2.45, 2.75) is 19.3 Å². The molecular weight excluding hydrogens is 560 g/mol. The number of nitrogens with zero attached hydrogens (tertiary/aromatic N) is 4. The quantitative estimate of drug-likeness (QED) is 0.205. The van der Waals surface area contributed by atoms with Gasteiger partial charge in [-0.15, -0.1) is 0 Å². The monoisotopic (exact) mass is 590 g/mol. The molecule has 218 valence electrons. The highest BCUT2D eigenvalue weighted by atomic mass is 15.0. The van der Waals surface area contributed by atoms with E-state index in [1.54, 1.807) is 0 Å². The molecule has 0 spiro atoms. The minimum absolute atomic E-state index is 0.170. The fraction of sp³-hybridized carbons (Fsp3) is 0.0714. The van der Waals surface area contributed by atoms with Gasteiger partial charge in [-0.2, -0.15) is 0 Å². The van der Waals surface area contributed by atoms with E-state index in [1.165, 1.54) is 49.7 Å². The Morgan fingerprint density at radius 3 is 1.63 bits per heavy atom. The summed E-state index contributed by atoms with van der Waals surface area (Å²) in [5.41, 5.74) is 11.5. The summed E-state index contributed by atoms with van der Waals surface area (Å²) in [5.74, 6) is 1.99. The molecule has 0 radical (unpaired) electrons. The van der Waals surface area contributed by atoms with E-state index in [4.69, 9.17) is 15.0 Å². The van der Waals surface area contributed by atoms with Crippen molar-refractivity contribution in [2.24, 2.45) is 0 Å². The summed E-state index contributed by atoms with van der Waals surface area (Å²) in [7, 11) is 0. The predicted octanol–water partition coefficient (Wildman–Crippen LogP) is 10.3. The number of rotatable bonds is 4. The van der Waals surface area contributed by atoms with Crippen LogP contribution in [-0.2, 0) is 5.41 Å². The van der Waals surface area contributed by atoms with Crippen LogP contribution in [0.25, 0.3) is 72.8 Å². The van der Waals surface area contributed by atoms with Crippen LogP contribution < -0.4 is 0 Å². The first kappa shape index (κ1) is 26.5. The predicted molar refractivity (Wildman–Crippen MR) is 188 cm³/mol. The third-order valence-corrected chi connectivity index (χ3v) is 9.44. The summed E-state index contributed by atoms with van der Waals surface area (Å²) in [6.07, 6.45) is 0. The second kappa shape index (κ2) is 10.1. The van der Waals surface area contributed by atoms with Gasteiger partial charge in [0.2, 0.25) is 0 Å². The summed E-state index contributed by atoms with van der Waals surface area (Å²) in [5, 5.41) is 2.42. The van der Waals surface area contributed by atoms with Gasteiger partial charge in [0, 0.05) is 32.9 Å². The highest BCUT2D eigenvalue weighted by Crippen LogP contribution is 2.48. The standard InChI is InChI=1S/C42H30N4/c1-42(2)34-20-12-19-32-33-25-31(41-44-39(28-15-8-4-9-16-28)43-40(45-41)29-17-10-5-11-18-29)22-23-36(33)46(38(32)34)37-24-21-30(26-35(37)42)27-13-6-3-7-14-27/h3-26H,1-2H3. The second-order valence-electron chi connectivity index (χ2n) is 12.5. The lowest BCUT2D eigenvalue weighted by molar-refractivity contribution is 0.630. The molecule has 2 aromatic heterocycles. The van der Waals surface area contributed by atoms with Crippen LogP contribution >= 0.6 is 0 Å². The number of fused-ring (bicyclic) bond motifs is 5. The molecule has 3 heterocycles. The van der Waals surface area contributed by atoms with Crippen LogP contribution in [0.5, 0.6) is 0 Å². The van der Waals surface area contributed by atoms with Crippen LogP contribution in [-0.4, -0.2) is 19.5 Å². The van der Waals surface area contributed by atoms with Crippen molar-refractivity contribution in [3.63, 3.8) is 0 Å². The number of hydrogen-bond acceptors (Lipinski definition) is 3. The lowest BCUT2D eigenvalue weighted by atomic mass is 9.74. The minimum Gasteiger partial charge on any atom is -0.309 e. The lowest BCUT2D eigenvalue weighted by Gasteiger charge is -2.35. The molecule has 4 nitrogen and oxygen atoms in total. The number of para-hydroxylation sites is 1. The maximum absolute atomic E-state index is 5.01. The van der Waals surface area contributed by atoms with Gasteiger partial charge in [0.25, 0.3) is 0 Å². The van der Waals surface area contributed by atoms with Crippen molar-refractivity contribution in [1.29, 1.82) is 0 Å². The van der Waals surface area contributed by atoms with E-state index in [0.717, 1.165) is 16.7 Å². The molecule has 1 aliphatic rings. The van der Waals surface area contributed by atoms with Crippen molar-refractivity contribution in [1.82, 2.24) is 19.5 Å². The van der Waals surface area contributed by atoms with E-state index >= 15 is 0 Å². The van der Waals surface area contributed by atoms with Gasteiger partial charge in [0.1, 0.15) is 0 Å². The first-order valence-electron chi connectivity index (χ1n) is 15.7. The molecule has 0 amide bonds. The van der Waals surface area contributed by atoms with E-state index in [0.29, 0.717) is 17.5 Å². The number of aromatic nitrogens is 4. The van der Waals surface area contributed by atoms with Crippen LogP contribution in [0.15, 0.2) is 146 Å². The van der Waals surface area contributed by atoms with Gasteiger partial charge in [-0.25, -0.2) is 15.0 Å². The molecule has 0 saturated carbocycles. The normalized spacial score (nSPS) is 13.2. The molecule has 1 aliphatic heterocycles. The molecule has 0 atom stereocenters. The molecule has 0 saturated heterocycles. The van der Waals surface area contributed by atoms with Crippen LogP contribution in [0.4, 0.5) is 0 Å². The third kappa shape index (κ3) is 4.04. The first-order chi connectivity index (χ1) is 22.6. The van der Waals surface area contributed by atoms with Crippen LogP contribution in [0.2, 0.25) is 0 Å². The lowest BCUT2D eigenvalue weighted by Crippen LogP contribution is -2.26. The zero-order valence-corrected chi connectivity index (χ0v) is 25.6. The van der Waals surface area contributed by atoms with Crippen molar-refractivity contribution < 1.29 is 0 Å². The van der Waals surface area contributed by atoms with E-state index in [1.807, 2.05) is 60.7 Å². The zero-order chi connectivity index (χ0) is 30.8. The molecular formula is C42H30N4. The Hall–Kier alpha value is -5.87. The third-order valence-electron chi connectivity index (χ3n) is 9.44. The molecule has 9 rings (SSSR count). The molecule has 6 aromatic carbocycles. The molecule has 8 aromatic rings. The Kier molecular flexibility index (Phi) is 5.81. The summed E-state index contributed by atoms with van der Waals surface area (Å²) in [6, 6.07) is 51.2. The Morgan fingerprint density at radius 1 is 0.435 bits per heavy atom. The molecule has 0 N–H and O–H groups in total. The van der Waals surface area contributed by atoms with E-state index in [9.17, 15) is 0 Å². The van der Waals surface area contributed by atoms with Gasteiger partial charge in [-0.3, -0.25) is 0 Å². The smallest absolute Gasteiger partial charge is 0.164 e. The molecule has 0 bridgehead atoms. The van der Waals surface area contributed by atoms with Crippen molar-refractivity contribution >= 4 is 21.8 Å². The Balaban J connectivity index is 1.27. The maximum Gasteiger partial charge on any atom is 0.164 e. The van der Waals surface area contributed by atoms with Gasteiger partial charge in [0.05, 0.1) is 16.7 Å². The van der Waals surface area contributed by atoms with Crippen LogP contribution in [0.3, 0.4) is 0 Å². The fourth-order valence-electron chi connectivity index (χ4n) is 7.09. The highest BCUT2D eigenvalue weighted by molar-refractivity contribution is 6.12. The number of benzene rings is 6. The molecule has 4 heteroatoms. The molecule has 46 heavy (non-hydrogen) atoms. The summed E-state index contributed by atoms with van der Waals surface area (Å²) in [4.78, 5) is 14.9. The molecule has 0 unspecified atom stereocenters. The van der Waals surface area contributed by atoms with Gasteiger partial charge < -0.3 is 4.57 Å². The van der Waals surface area contributed by atoms with Crippen molar-refractivity contribution in [2.75, 3.05) is 0 Å². The van der Waals surface area contributed by atoms with Crippen LogP contribution in [0, 0.1) is 0 Å². The fourth-order valence-corrected chi connectivity index (χ4v) is 7.09. The van der Waals surface area contributed by atoms with Gasteiger partial charge in [-0.05, 0) is 52.6 Å². The topological polar surface area (TPSA) is 43.6 Å². The maximum atomic E-state index is 5.01. The Labute approximate surface area is 267 Å². The Morgan fingerprint density at radius 2 is 1.00 bits per heavy atom. The van der Waals surface area contributed by atoms with Gasteiger partial charge in [0.15, 0.2) is 17.5 Å². The Bertz CT molecular complexity index is 2370. The average molecular weight is 591 g/mol. The van der Waals surface area contributed by atoms with Gasteiger partial charge >= 0.3 is 0 Å². The SMILES string of the molecule is CC1(C)c2cc(-c3ccccc3)ccc2-n2c3ccc(-c4nc(-c5ccccc5)nc(-c5ccccc5)n4)cc3c3cccc1c32. The van der Waals surface area contributed by atoms with Crippen molar-refractivity contribution in [3.05, 3.63) is 157 Å². The first-order valence-corrected chi connectivity index (χ1v) is 15.7. The highest BCUT2D eigenvalue weighted by Gasteiger charge is 2.35. The minimum atomic E-state index is -0.170. The zero-order valence-electron chi connectivity index (χ0n) is 25.6. The largest absolute Gasteiger partial charge is 0.309 e. The summed E-state index contributed by atoms with van der Waals surface area (Å²) in [6.45, 7) is 4.70. The molecule has 0 aliphatic carbocycles. The summed E-state index contributed by atoms with van der Waals surface area (Å²) < 4.78 is 2.46. The van der Waals surface area contributed by atoms with E-state index < -0.39 is 0 Å². The molecule has 0 fully saturated rings. The van der Waals surface area contributed by atoms with Crippen LogP contribution in [0.1, 0.15) is 25.0 Å². The van der Waals surface area contributed by atoms with E-state index in [-0.39, 0.29) is 5.41 Å². The number of hydrogen-bond donors (Lipinski definition) is 0. The van der Waals surface area contributed by atoms with Gasteiger partial charge in [-0.1, -0.05) is 129 Å². The average Bonchev–Trinajstić information content (AvgIpc) is 3.46. The van der Waals surface area contributed by atoms with Crippen molar-refractivity contribution in [3.8, 4) is 51.0 Å². The van der Waals surface area contributed by atoms with E-state index in [2.05, 4.69) is 103 Å². The summed E-state index contributed by atoms with van der Waals surface area (Å²) >= 11 is 0.